The van der Waals surface area contributed by atoms with Gasteiger partial charge in [0.15, 0.2) is 0 Å². The van der Waals surface area contributed by atoms with Crippen molar-refractivity contribution in [1.82, 2.24) is 5.32 Å². The average Bonchev–Trinajstić information content (AvgIpc) is 1.85. The zero-order valence-electron chi connectivity index (χ0n) is 7.57. The first-order valence-electron chi connectivity index (χ1n) is 4.18. The molecule has 1 N–H and O–H groups in total. The molecular weight excluding hydrogens is 136 g/mol. The molecule has 1 rings (SSSR count). The second-order valence-electron chi connectivity index (χ2n) is 4.31. The van der Waals surface area contributed by atoms with Gasteiger partial charge in [0, 0.05) is 5.54 Å². The van der Waals surface area contributed by atoms with Gasteiger partial charge >= 0.3 is 0 Å². The molecule has 62 valence electrons. The first kappa shape index (κ1) is 8.55. The molecule has 0 saturated carbocycles. The Morgan fingerprint density at radius 1 is 1.27 bits per heavy atom. The number of nitrogens with zero attached hydrogens (tertiary/aromatic N) is 1. The third-order valence-electron chi connectivity index (χ3n) is 2.34. The maximum Gasteiger partial charge on any atom is 0.104 e. The SMILES string of the molecule is CC1(C)CCCC(C)(C#N)N1. The molecule has 1 unspecified atom stereocenters. The number of hydrogen-bond donors (Lipinski definition) is 1. The standard InChI is InChI=1S/C9H16N2/c1-8(2)5-4-6-9(3,7-10)11-8/h11H,4-6H2,1-3H3. The highest BCUT2D eigenvalue weighted by Gasteiger charge is 2.35. The van der Waals surface area contributed by atoms with Crippen molar-refractivity contribution in [2.24, 2.45) is 0 Å². The molecule has 2 heteroatoms. The van der Waals surface area contributed by atoms with Gasteiger partial charge in [-0.25, -0.2) is 0 Å². The highest BCUT2D eigenvalue weighted by molar-refractivity contribution is 5.09. The lowest BCUT2D eigenvalue weighted by atomic mass is 9.83. The van der Waals surface area contributed by atoms with Gasteiger partial charge in [0.05, 0.1) is 6.07 Å². The average molecular weight is 152 g/mol. The van der Waals surface area contributed by atoms with Gasteiger partial charge in [0.25, 0.3) is 0 Å². The normalized spacial score (nSPS) is 36.2. The van der Waals surface area contributed by atoms with Crippen LogP contribution in [-0.2, 0) is 0 Å². The molecule has 1 heterocycles. The molecule has 1 saturated heterocycles. The van der Waals surface area contributed by atoms with E-state index < -0.39 is 0 Å². The number of nitrogens with one attached hydrogen (secondary N) is 1. The van der Waals surface area contributed by atoms with Crippen LogP contribution in [0.4, 0.5) is 0 Å². The van der Waals surface area contributed by atoms with E-state index >= 15 is 0 Å². The van der Waals surface area contributed by atoms with E-state index in [2.05, 4.69) is 25.2 Å². The minimum Gasteiger partial charge on any atom is -0.295 e. The summed E-state index contributed by atoms with van der Waals surface area (Å²) < 4.78 is 0. The van der Waals surface area contributed by atoms with Crippen LogP contribution in [0.2, 0.25) is 0 Å². The maximum absolute atomic E-state index is 8.87. The fourth-order valence-corrected chi connectivity index (χ4v) is 1.84. The second kappa shape index (κ2) is 2.49. The van der Waals surface area contributed by atoms with E-state index in [-0.39, 0.29) is 11.1 Å². The van der Waals surface area contributed by atoms with Crippen LogP contribution in [0.3, 0.4) is 0 Å². The van der Waals surface area contributed by atoms with Crippen molar-refractivity contribution in [3.8, 4) is 6.07 Å². The molecule has 1 atom stereocenters. The van der Waals surface area contributed by atoms with E-state index in [9.17, 15) is 0 Å². The smallest absolute Gasteiger partial charge is 0.104 e. The maximum atomic E-state index is 8.87. The summed E-state index contributed by atoms with van der Waals surface area (Å²) in [6, 6.07) is 2.32. The lowest BCUT2D eigenvalue weighted by Crippen LogP contribution is -2.56. The highest BCUT2D eigenvalue weighted by Crippen LogP contribution is 2.27. The van der Waals surface area contributed by atoms with Gasteiger partial charge < -0.3 is 0 Å². The minimum absolute atomic E-state index is 0.142. The van der Waals surface area contributed by atoms with E-state index in [0.29, 0.717) is 0 Å². The molecule has 0 aromatic heterocycles. The zero-order chi connectivity index (χ0) is 8.54. The summed E-state index contributed by atoms with van der Waals surface area (Å²) >= 11 is 0. The largest absolute Gasteiger partial charge is 0.295 e. The predicted octanol–water partition coefficient (Wildman–Crippen LogP) is 1.82. The van der Waals surface area contributed by atoms with Crippen LogP contribution in [0.15, 0.2) is 0 Å². The lowest BCUT2D eigenvalue weighted by molar-refractivity contribution is 0.210. The van der Waals surface area contributed by atoms with Gasteiger partial charge in [-0.2, -0.15) is 5.26 Å². The summed E-state index contributed by atoms with van der Waals surface area (Å²) in [5.74, 6) is 0. The van der Waals surface area contributed by atoms with Gasteiger partial charge in [-0.05, 0) is 40.0 Å². The fraction of sp³-hybridized carbons (Fsp3) is 0.889. The molecule has 0 aromatic carbocycles. The van der Waals surface area contributed by atoms with E-state index in [0.717, 1.165) is 12.8 Å². The van der Waals surface area contributed by atoms with E-state index in [1.54, 1.807) is 0 Å². The Balaban J connectivity index is 2.69. The third-order valence-corrected chi connectivity index (χ3v) is 2.34. The first-order valence-corrected chi connectivity index (χ1v) is 4.18. The molecule has 11 heavy (non-hydrogen) atoms. The summed E-state index contributed by atoms with van der Waals surface area (Å²) in [6.07, 6.45) is 3.31. The Morgan fingerprint density at radius 3 is 2.27 bits per heavy atom. The predicted molar refractivity (Wildman–Crippen MR) is 45.1 cm³/mol. The van der Waals surface area contributed by atoms with Gasteiger partial charge in [0.2, 0.25) is 0 Å². The Morgan fingerprint density at radius 2 is 1.91 bits per heavy atom. The van der Waals surface area contributed by atoms with Crippen LogP contribution in [0.25, 0.3) is 0 Å². The van der Waals surface area contributed by atoms with E-state index in [4.69, 9.17) is 5.26 Å². The number of hydrogen-bond acceptors (Lipinski definition) is 2. The van der Waals surface area contributed by atoms with E-state index in [1.165, 1.54) is 6.42 Å². The van der Waals surface area contributed by atoms with Gasteiger partial charge in [-0.3, -0.25) is 5.32 Å². The van der Waals surface area contributed by atoms with Crippen molar-refractivity contribution in [1.29, 1.82) is 5.26 Å². The molecule has 0 spiro atoms. The second-order valence-corrected chi connectivity index (χ2v) is 4.31. The molecule has 1 aliphatic heterocycles. The number of nitriles is 1. The van der Waals surface area contributed by atoms with Crippen LogP contribution in [-0.4, -0.2) is 11.1 Å². The quantitative estimate of drug-likeness (QED) is 0.574. The fourth-order valence-electron chi connectivity index (χ4n) is 1.84. The summed E-state index contributed by atoms with van der Waals surface area (Å²) in [6.45, 7) is 6.29. The van der Waals surface area contributed by atoms with E-state index in [1.807, 2.05) is 6.92 Å². The Hall–Kier alpha value is -0.550. The van der Waals surface area contributed by atoms with Crippen molar-refractivity contribution >= 4 is 0 Å². The molecule has 0 amide bonds. The van der Waals surface area contributed by atoms with Crippen molar-refractivity contribution in [2.75, 3.05) is 0 Å². The summed E-state index contributed by atoms with van der Waals surface area (Å²) in [7, 11) is 0. The molecular formula is C9H16N2. The monoisotopic (exact) mass is 152 g/mol. The van der Waals surface area contributed by atoms with Crippen LogP contribution in [0.1, 0.15) is 40.0 Å². The first-order chi connectivity index (χ1) is 4.97. The third kappa shape index (κ3) is 1.94. The molecule has 0 aliphatic carbocycles. The number of rotatable bonds is 0. The highest BCUT2D eigenvalue weighted by atomic mass is 15.0. The molecule has 2 nitrogen and oxygen atoms in total. The Bertz CT molecular complexity index is 190. The topological polar surface area (TPSA) is 35.8 Å². The van der Waals surface area contributed by atoms with Crippen molar-refractivity contribution in [3.05, 3.63) is 0 Å². The van der Waals surface area contributed by atoms with Gasteiger partial charge in [-0.15, -0.1) is 0 Å². The molecule has 0 radical (unpaired) electrons. The van der Waals surface area contributed by atoms with Crippen LogP contribution in [0, 0.1) is 11.3 Å². The van der Waals surface area contributed by atoms with Gasteiger partial charge in [0.1, 0.15) is 5.54 Å². The summed E-state index contributed by atoms with van der Waals surface area (Å²) in [5.41, 5.74) is -0.148. The van der Waals surface area contributed by atoms with Crippen molar-refractivity contribution in [2.45, 2.75) is 51.1 Å². The lowest BCUT2D eigenvalue weighted by Gasteiger charge is -2.40. The Labute approximate surface area is 68.6 Å². The zero-order valence-corrected chi connectivity index (χ0v) is 7.57. The summed E-state index contributed by atoms with van der Waals surface area (Å²) in [5, 5.41) is 12.2. The minimum atomic E-state index is -0.290. The van der Waals surface area contributed by atoms with Gasteiger partial charge in [-0.1, -0.05) is 0 Å². The summed E-state index contributed by atoms with van der Waals surface area (Å²) in [4.78, 5) is 0. The van der Waals surface area contributed by atoms with Crippen molar-refractivity contribution < 1.29 is 0 Å². The molecule has 0 aromatic rings. The van der Waals surface area contributed by atoms with Crippen molar-refractivity contribution in [3.63, 3.8) is 0 Å². The Kier molecular flexibility index (Phi) is 1.94. The van der Waals surface area contributed by atoms with Crippen LogP contribution < -0.4 is 5.32 Å². The van der Waals surface area contributed by atoms with Crippen LogP contribution >= 0.6 is 0 Å². The molecule has 1 aliphatic rings. The molecule has 0 bridgehead atoms. The van der Waals surface area contributed by atoms with Crippen LogP contribution in [0.5, 0.6) is 0 Å². The molecule has 1 fully saturated rings. The number of piperidine rings is 1.